The smallest absolute Gasteiger partial charge is 0.137 e. The fourth-order valence-corrected chi connectivity index (χ4v) is 0.789. The van der Waals surface area contributed by atoms with Crippen molar-refractivity contribution in [2.45, 2.75) is 20.3 Å². The molecule has 0 spiro atoms. The monoisotopic (exact) mass is 153 g/mol. The zero-order valence-corrected chi connectivity index (χ0v) is 6.66. The van der Waals surface area contributed by atoms with E-state index in [1.807, 2.05) is 13.8 Å². The molecule has 1 aromatic heterocycles. The van der Waals surface area contributed by atoms with Crippen LogP contribution in [0.1, 0.15) is 19.7 Å². The second-order valence-electron chi connectivity index (χ2n) is 3.22. The van der Waals surface area contributed by atoms with Gasteiger partial charge in [-0.25, -0.2) is 4.98 Å². The SMILES string of the molecule is CC(C)(C=O)Cc1ncn[nH]1. The van der Waals surface area contributed by atoms with Gasteiger partial charge in [0.1, 0.15) is 18.4 Å². The molecule has 0 unspecified atom stereocenters. The van der Waals surface area contributed by atoms with E-state index in [1.165, 1.54) is 6.33 Å². The molecule has 4 heteroatoms. The van der Waals surface area contributed by atoms with Crippen molar-refractivity contribution >= 4 is 6.29 Å². The predicted octanol–water partition coefficient (Wildman–Crippen LogP) is 0.572. The van der Waals surface area contributed by atoms with Gasteiger partial charge in [-0.1, -0.05) is 13.8 Å². The number of rotatable bonds is 3. The molecule has 0 aliphatic carbocycles. The van der Waals surface area contributed by atoms with Crippen LogP contribution in [-0.2, 0) is 11.2 Å². The fraction of sp³-hybridized carbons (Fsp3) is 0.571. The standard InChI is InChI=1S/C7H11N3O/c1-7(2,4-11)3-6-8-5-9-10-6/h4-5H,3H2,1-2H3,(H,8,9,10). The van der Waals surface area contributed by atoms with E-state index in [0.717, 1.165) is 12.1 Å². The summed E-state index contributed by atoms with van der Waals surface area (Å²) in [6.45, 7) is 3.73. The third-order valence-electron chi connectivity index (χ3n) is 1.41. The minimum Gasteiger partial charge on any atom is -0.303 e. The molecule has 1 N–H and O–H groups in total. The van der Waals surface area contributed by atoms with E-state index in [2.05, 4.69) is 15.2 Å². The molecule has 0 aliphatic rings. The van der Waals surface area contributed by atoms with E-state index >= 15 is 0 Å². The van der Waals surface area contributed by atoms with Crippen LogP contribution in [0, 0.1) is 5.41 Å². The minimum atomic E-state index is -0.348. The van der Waals surface area contributed by atoms with Gasteiger partial charge in [0.15, 0.2) is 0 Å². The van der Waals surface area contributed by atoms with Crippen molar-refractivity contribution < 1.29 is 4.79 Å². The Morgan fingerprint density at radius 1 is 1.73 bits per heavy atom. The van der Waals surface area contributed by atoms with Gasteiger partial charge in [0.05, 0.1) is 0 Å². The molecule has 0 bridgehead atoms. The highest BCUT2D eigenvalue weighted by Gasteiger charge is 2.18. The lowest BCUT2D eigenvalue weighted by molar-refractivity contribution is -0.114. The molecule has 1 aromatic rings. The molecule has 0 fully saturated rings. The number of aromatic nitrogens is 3. The predicted molar refractivity (Wildman–Crippen MR) is 39.9 cm³/mol. The maximum absolute atomic E-state index is 10.5. The maximum atomic E-state index is 10.5. The summed E-state index contributed by atoms with van der Waals surface area (Å²) < 4.78 is 0. The van der Waals surface area contributed by atoms with E-state index in [1.54, 1.807) is 0 Å². The van der Waals surface area contributed by atoms with E-state index in [0.29, 0.717) is 6.42 Å². The summed E-state index contributed by atoms with van der Waals surface area (Å²) in [5, 5.41) is 6.40. The molecule has 0 amide bonds. The number of nitrogens with zero attached hydrogens (tertiary/aromatic N) is 2. The van der Waals surface area contributed by atoms with Gasteiger partial charge in [0, 0.05) is 11.8 Å². The van der Waals surface area contributed by atoms with Crippen molar-refractivity contribution in [3.05, 3.63) is 12.2 Å². The number of hydrogen-bond donors (Lipinski definition) is 1. The average molecular weight is 153 g/mol. The van der Waals surface area contributed by atoms with Crippen molar-refractivity contribution in [3.8, 4) is 0 Å². The Labute approximate surface area is 65.0 Å². The third kappa shape index (κ3) is 2.14. The first-order chi connectivity index (χ1) is 5.14. The van der Waals surface area contributed by atoms with Crippen LogP contribution in [0.15, 0.2) is 6.33 Å². The largest absolute Gasteiger partial charge is 0.303 e. The van der Waals surface area contributed by atoms with Crippen LogP contribution in [0.5, 0.6) is 0 Å². The molecule has 0 radical (unpaired) electrons. The summed E-state index contributed by atoms with van der Waals surface area (Å²) in [6, 6.07) is 0. The fourth-order valence-electron chi connectivity index (χ4n) is 0.789. The molecular weight excluding hydrogens is 142 g/mol. The van der Waals surface area contributed by atoms with Gasteiger partial charge in [-0.3, -0.25) is 5.10 Å². The Hall–Kier alpha value is -1.19. The Morgan fingerprint density at radius 3 is 2.91 bits per heavy atom. The molecule has 0 aliphatic heterocycles. The number of aromatic amines is 1. The maximum Gasteiger partial charge on any atom is 0.137 e. The summed E-state index contributed by atoms with van der Waals surface area (Å²) >= 11 is 0. The molecule has 1 rings (SSSR count). The molecule has 4 nitrogen and oxygen atoms in total. The lowest BCUT2D eigenvalue weighted by atomic mass is 9.91. The van der Waals surface area contributed by atoms with Crippen LogP contribution in [0.4, 0.5) is 0 Å². The molecule has 0 atom stereocenters. The van der Waals surface area contributed by atoms with Crippen molar-refractivity contribution in [3.63, 3.8) is 0 Å². The van der Waals surface area contributed by atoms with Gasteiger partial charge in [-0.05, 0) is 0 Å². The highest BCUT2D eigenvalue weighted by Crippen LogP contribution is 2.15. The quantitative estimate of drug-likeness (QED) is 0.646. The summed E-state index contributed by atoms with van der Waals surface area (Å²) in [5.41, 5.74) is -0.348. The summed E-state index contributed by atoms with van der Waals surface area (Å²) in [4.78, 5) is 14.4. The number of nitrogens with one attached hydrogen (secondary N) is 1. The number of H-pyrrole nitrogens is 1. The molecular formula is C7H11N3O. The Kier molecular flexibility index (Phi) is 2.03. The van der Waals surface area contributed by atoms with Crippen LogP contribution in [0.25, 0.3) is 0 Å². The Balaban J connectivity index is 2.63. The number of hydrogen-bond acceptors (Lipinski definition) is 3. The van der Waals surface area contributed by atoms with Crippen molar-refractivity contribution in [1.82, 2.24) is 15.2 Å². The van der Waals surface area contributed by atoms with Crippen LogP contribution in [0.2, 0.25) is 0 Å². The molecule has 0 saturated heterocycles. The van der Waals surface area contributed by atoms with Gasteiger partial charge < -0.3 is 4.79 Å². The first-order valence-corrected chi connectivity index (χ1v) is 3.45. The molecule has 11 heavy (non-hydrogen) atoms. The average Bonchev–Trinajstić information content (AvgIpc) is 2.39. The molecule has 0 saturated carbocycles. The summed E-state index contributed by atoms with van der Waals surface area (Å²) in [7, 11) is 0. The topological polar surface area (TPSA) is 58.6 Å². The molecule has 60 valence electrons. The van der Waals surface area contributed by atoms with Gasteiger partial charge in [-0.15, -0.1) is 0 Å². The van der Waals surface area contributed by atoms with E-state index in [4.69, 9.17) is 0 Å². The second-order valence-corrected chi connectivity index (χ2v) is 3.22. The van der Waals surface area contributed by atoms with Crippen LogP contribution in [-0.4, -0.2) is 21.5 Å². The van der Waals surface area contributed by atoms with Crippen molar-refractivity contribution in [2.75, 3.05) is 0 Å². The van der Waals surface area contributed by atoms with Crippen LogP contribution in [0.3, 0.4) is 0 Å². The number of aldehydes is 1. The molecule has 0 aromatic carbocycles. The second kappa shape index (κ2) is 2.82. The minimum absolute atomic E-state index is 0.348. The third-order valence-corrected chi connectivity index (χ3v) is 1.41. The van der Waals surface area contributed by atoms with E-state index < -0.39 is 0 Å². The number of carbonyl (C=O) groups is 1. The Morgan fingerprint density at radius 2 is 2.45 bits per heavy atom. The van der Waals surface area contributed by atoms with E-state index in [9.17, 15) is 4.79 Å². The summed E-state index contributed by atoms with van der Waals surface area (Å²) in [6.07, 6.45) is 2.97. The summed E-state index contributed by atoms with van der Waals surface area (Å²) in [5.74, 6) is 0.752. The van der Waals surface area contributed by atoms with Crippen molar-refractivity contribution in [2.24, 2.45) is 5.41 Å². The van der Waals surface area contributed by atoms with E-state index in [-0.39, 0.29) is 5.41 Å². The van der Waals surface area contributed by atoms with Crippen LogP contribution >= 0.6 is 0 Å². The van der Waals surface area contributed by atoms with Gasteiger partial charge in [0.2, 0.25) is 0 Å². The highest BCUT2D eigenvalue weighted by atomic mass is 16.1. The van der Waals surface area contributed by atoms with Gasteiger partial charge in [0.25, 0.3) is 0 Å². The first-order valence-electron chi connectivity index (χ1n) is 3.45. The zero-order chi connectivity index (χ0) is 8.32. The Bertz CT molecular complexity index is 228. The number of carbonyl (C=O) groups excluding carboxylic acids is 1. The lowest BCUT2D eigenvalue weighted by Gasteiger charge is -2.13. The normalized spacial score (nSPS) is 11.5. The lowest BCUT2D eigenvalue weighted by Crippen LogP contribution is -2.17. The van der Waals surface area contributed by atoms with Gasteiger partial charge in [-0.2, -0.15) is 5.10 Å². The van der Waals surface area contributed by atoms with Crippen molar-refractivity contribution in [1.29, 1.82) is 0 Å². The zero-order valence-electron chi connectivity index (χ0n) is 6.66. The molecule has 1 heterocycles. The van der Waals surface area contributed by atoms with Crippen LogP contribution < -0.4 is 0 Å². The first kappa shape index (κ1) is 7.91. The highest BCUT2D eigenvalue weighted by molar-refractivity contribution is 5.58. The van der Waals surface area contributed by atoms with Gasteiger partial charge >= 0.3 is 0 Å².